The Bertz CT molecular complexity index is 581. The number of hydrogen-bond donors (Lipinski definition) is 2. The third kappa shape index (κ3) is 4.74. The molecule has 0 aliphatic rings. The lowest BCUT2D eigenvalue weighted by Crippen LogP contribution is -2.28. The molecule has 21 heavy (non-hydrogen) atoms. The Morgan fingerprint density at radius 3 is 2.43 bits per heavy atom. The molecule has 2 N–H and O–H groups in total. The molecule has 0 fully saturated rings. The van der Waals surface area contributed by atoms with Gasteiger partial charge < -0.3 is 10.4 Å². The van der Waals surface area contributed by atoms with Gasteiger partial charge in [-0.25, -0.2) is 8.42 Å². The largest absolute Gasteiger partial charge is 0.481 e. The van der Waals surface area contributed by atoms with E-state index in [-0.39, 0.29) is 23.1 Å². The van der Waals surface area contributed by atoms with Crippen molar-refractivity contribution >= 4 is 21.5 Å². The summed E-state index contributed by atoms with van der Waals surface area (Å²) in [5.41, 5.74) is 0.470. The van der Waals surface area contributed by atoms with Crippen LogP contribution in [0.4, 0.5) is 5.69 Å². The molecule has 1 atom stereocenters. The van der Waals surface area contributed by atoms with Crippen LogP contribution < -0.4 is 5.32 Å². The maximum absolute atomic E-state index is 12.2. The van der Waals surface area contributed by atoms with Crippen LogP contribution in [0.3, 0.4) is 0 Å². The van der Waals surface area contributed by atoms with Gasteiger partial charge in [-0.1, -0.05) is 32.9 Å². The van der Waals surface area contributed by atoms with Gasteiger partial charge in [0.2, 0.25) is 0 Å². The van der Waals surface area contributed by atoms with Gasteiger partial charge in [0, 0.05) is 6.54 Å². The number of anilines is 1. The number of carbonyl (C=O) groups is 1. The molecule has 0 aliphatic heterocycles. The number of hydrogen-bond acceptors (Lipinski definition) is 4. The van der Waals surface area contributed by atoms with Gasteiger partial charge in [0.25, 0.3) is 0 Å². The summed E-state index contributed by atoms with van der Waals surface area (Å²) < 4.78 is 24.4. The van der Waals surface area contributed by atoms with E-state index in [1.165, 1.54) is 0 Å². The number of rotatable bonds is 8. The number of para-hydroxylation sites is 1. The third-order valence-corrected chi connectivity index (χ3v) is 5.30. The molecule has 6 heteroatoms. The molecule has 0 heterocycles. The molecular weight excluding hydrogens is 290 g/mol. The van der Waals surface area contributed by atoms with Crippen molar-refractivity contribution in [1.29, 1.82) is 0 Å². The van der Waals surface area contributed by atoms with Gasteiger partial charge in [0.1, 0.15) is 0 Å². The summed E-state index contributed by atoms with van der Waals surface area (Å²) in [6.07, 6.45) is 0.542. The molecule has 1 rings (SSSR count). The second-order valence-electron chi connectivity index (χ2n) is 5.38. The number of benzene rings is 1. The Hall–Kier alpha value is -1.56. The maximum Gasteiger partial charge on any atom is 0.308 e. The van der Waals surface area contributed by atoms with Crippen molar-refractivity contribution in [2.75, 3.05) is 17.6 Å². The Morgan fingerprint density at radius 2 is 1.90 bits per heavy atom. The summed E-state index contributed by atoms with van der Waals surface area (Å²) in [6.45, 7) is 5.68. The molecule has 118 valence electrons. The number of sulfone groups is 1. The molecule has 0 amide bonds. The van der Waals surface area contributed by atoms with Gasteiger partial charge in [-0.3, -0.25) is 4.79 Å². The van der Waals surface area contributed by atoms with Crippen molar-refractivity contribution in [3.8, 4) is 0 Å². The van der Waals surface area contributed by atoms with Gasteiger partial charge in [0.15, 0.2) is 9.84 Å². The highest BCUT2D eigenvalue weighted by molar-refractivity contribution is 7.91. The highest BCUT2D eigenvalue weighted by Gasteiger charge is 2.23. The Balaban J connectivity index is 2.97. The minimum atomic E-state index is -3.34. The fraction of sp³-hybridized carbons (Fsp3) is 0.533. The fourth-order valence-corrected chi connectivity index (χ4v) is 3.61. The normalized spacial score (nSPS) is 13.1. The molecule has 0 saturated heterocycles. The first-order valence-corrected chi connectivity index (χ1v) is 8.73. The molecule has 5 nitrogen and oxygen atoms in total. The summed E-state index contributed by atoms with van der Waals surface area (Å²) in [5.74, 6) is -1.40. The molecule has 1 unspecified atom stereocenters. The quantitative estimate of drug-likeness (QED) is 0.771. The smallest absolute Gasteiger partial charge is 0.308 e. The first-order chi connectivity index (χ1) is 9.79. The fourth-order valence-electron chi connectivity index (χ4n) is 2.09. The SMILES string of the molecule is CCCS(=O)(=O)c1ccccc1NCC(C(=O)O)C(C)C. The van der Waals surface area contributed by atoms with Crippen LogP contribution in [0.25, 0.3) is 0 Å². The van der Waals surface area contributed by atoms with Crippen LogP contribution in [0, 0.1) is 11.8 Å². The predicted molar refractivity (Wildman–Crippen MR) is 83.2 cm³/mol. The van der Waals surface area contributed by atoms with E-state index < -0.39 is 21.7 Å². The molecule has 0 spiro atoms. The summed E-state index contributed by atoms with van der Waals surface area (Å²) in [5, 5.41) is 12.2. The van der Waals surface area contributed by atoms with Gasteiger partial charge in [-0.2, -0.15) is 0 Å². The first-order valence-electron chi connectivity index (χ1n) is 7.08. The summed E-state index contributed by atoms with van der Waals surface area (Å²) >= 11 is 0. The van der Waals surface area contributed by atoms with Crippen molar-refractivity contribution in [3.63, 3.8) is 0 Å². The lowest BCUT2D eigenvalue weighted by Gasteiger charge is -2.19. The monoisotopic (exact) mass is 313 g/mol. The molecule has 0 aliphatic carbocycles. The molecular formula is C15H23NO4S. The molecule has 0 saturated carbocycles. The second kappa shape index (κ2) is 7.45. The topological polar surface area (TPSA) is 83.5 Å². The maximum atomic E-state index is 12.2. The average Bonchev–Trinajstić information content (AvgIpc) is 2.38. The summed E-state index contributed by atoms with van der Waals surface area (Å²) in [7, 11) is -3.34. The van der Waals surface area contributed by atoms with Gasteiger partial charge in [0.05, 0.1) is 22.3 Å². The van der Waals surface area contributed by atoms with Crippen LogP contribution in [0.15, 0.2) is 29.2 Å². The Labute approximate surface area is 126 Å². The van der Waals surface area contributed by atoms with E-state index in [1.54, 1.807) is 24.3 Å². The van der Waals surface area contributed by atoms with Crippen molar-refractivity contribution in [2.45, 2.75) is 32.1 Å². The van der Waals surface area contributed by atoms with Gasteiger partial charge in [-0.15, -0.1) is 0 Å². The zero-order chi connectivity index (χ0) is 16.0. The van der Waals surface area contributed by atoms with Crippen molar-refractivity contribution < 1.29 is 18.3 Å². The first kappa shape index (κ1) is 17.5. The summed E-state index contributed by atoms with van der Waals surface area (Å²) in [4.78, 5) is 11.4. The van der Waals surface area contributed by atoms with E-state index in [2.05, 4.69) is 5.32 Å². The van der Waals surface area contributed by atoms with Crippen LogP contribution in [0.5, 0.6) is 0 Å². The van der Waals surface area contributed by atoms with Crippen LogP contribution in [0.2, 0.25) is 0 Å². The average molecular weight is 313 g/mol. The van der Waals surface area contributed by atoms with Crippen molar-refractivity contribution in [2.24, 2.45) is 11.8 Å². The van der Waals surface area contributed by atoms with E-state index in [0.29, 0.717) is 12.1 Å². The Kier molecular flexibility index (Phi) is 6.20. The van der Waals surface area contributed by atoms with Gasteiger partial charge >= 0.3 is 5.97 Å². The lowest BCUT2D eigenvalue weighted by atomic mass is 9.96. The lowest BCUT2D eigenvalue weighted by molar-refractivity contribution is -0.142. The van der Waals surface area contributed by atoms with Gasteiger partial charge in [-0.05, 0) is 24.5 Å². The number of carboxylic acids is 1. The molecule has 0 bridgehead atoms. The number of aliphatic carboxylic acids is 1. The second-order valence-corrected chi connectivity index (χ2v) is 7.46. The Morgan fingerprint density at radius 1 is 1.29 bits per heavy atom. The van der Waals surface area contributed by atoms with E-state index in [1.807, 2.05) is 20.8 Å². The molecule has 0 aromatic heterocycles. The van der Waals surface area contributed by atoms with Crippen LogP contribution in [0.1, 0.15) is 27.2 Å². The van der Waals surface area contributed by atoms with E-state index in [4.69, 9.17) is 0 Å². The van der Waals surface area contributed by atoms with Crippen LogP contribution in [-0.4, -0.2) is 31.8 Å². The zero-order valence-corrected chi connectivity index (χ0v) is 13.5. The summed E-state index contributed by atoms with van der Waals surface area (Å²) in [6, 6.07) is 6.63. The van der Waals surface area contributed by atoms with Crippen molar-refractivity contribution in [1.82, 2.24) is 0 Å². The van der Waals surface area contributed by atoms with Crippen molar-refractivity contribution in [3.05, 3.63) is 24.3 Å². The van der Waals surface area contributed by atoms with E-state index in [0.717, 1.165) is 0 Å². The molecule has 0 radical (unpaired) electrons. The minimum Gasteiger partial charge on any atom is -0.481 e. The van der Waals surface area contributed by atoms with E-state index >= 15 is 0 Å². The number of nitrogens with one attached hydrogen (secondary N) is 1. The molecule has 1 aromatic rings. The third-order valence-electron chi connectivity index (χ3n) is 3.33. The zero-order valence-electron chi connectivity index (χ0n) is 12.7. The minimum absolute atomic E-state index is 0.0330. The van der Waals surface area contributed by atoms with E-state index in [9.17, 15) is 18.3 Å². The van der Waals surface area contributed by atoms with Crippen LogP contribution >= 0.6 is 0 Å². The highest BCUT2D eigenvalue weighted by atomic mass is 32.2. The standard InChI is InChI=1S/C15H23NO4S/c1-4-9-21(19,20)14-8-6-5-7-13(14)16-10-12(11(2)3)15(17)18/h5-8,11-12,16H,4,9-10H2,1-3H3,(H,17,18). The highest BCUT2D eigenvalue weighted by Crippen LogP contribution is 2.23. The predicted octanol–water partition coefficient (Wildman–Crippen LogP) is 2.64. The number of carboxylic acid groups (broad SMARTS) is 1. The molecule has 1 aromatic carbocycles. The van der Waals surface area contributed by atoms with Crippen LogP contribution in [-0.2, 0) is 14.6 Å².